The van der Waals surface area contributed by atoms with Gasteiger partial charge >= 0.3 is 12.1 Å². The number of methoxy groups -OCH3 is 1. The van der Waals surface area contributed by atoms with Crippen LogP contribution in [0.5, 0.6) is 0 Å². The van der Waals surface area contributed by atoms with E-state index in [0.29, 0.717) is 31.1 Å². The number of alkyl carbamates (subject to hydrolysis) is 1. The fourth-order valence-corrected chi connectivity index (χ4v) is 5.52. The van der Waals surface area contributed by atoms with Crippen LogP contribution in [0.3, 0.4) is 0 Å². The number of likely N-dealkylation sites (N-methyl/N-ethyl adjacent to an activating group) is 1. The number of urea groups is 1. The van der Waals surface area contributed by atoms with Gasteiger partial charge in [-0.3, -0.25) is 0 Å². The number of hydrogen-bond donors (Lipinski definition) is 3. The number of benzene rings is 1. The molecule has 3 N–H and O–H groups in total. The van der Waals surface area contributed by atoms with Crippen LogP contribution >= 0.6 is 11.6 Å². The van der Waals surface area contributed by atoms with Gasteiger partial charge in [0.05, 0.1) is 24.8 Å². The molecule has 2 aliphatic rings. The molecule has 214 valence electrons. The van der Waals surface area contributed by atoms with Gasteiger partial charge in [0.2, 0.25) is 0 Å². The lowest BCUT2D eigenvalue weighted by molar-refractivity contribution is -0.0106. The molecule has 3 amide bonds. The van der Waals surface area contributed by atoms with Crippen molar-refractivity contribution in [2.75, 3.05) is 60.2 Å². The minimum Gasteiger partial charge on any atom is -0.453 e. The fraction of sp³-hybridized carbons (Fsp3) is 0.704. The molecule has 4 unspecified atom stereocenters. The maximum absolute atomic E-state index is 15.1. The van der Waals surface area contributed by atoms with Crippen LogP contribution in [-0.2, 0) is 14.2 Å². The zero-order valence-corrected chi connectivity index (χ0v) is 23.2. The van der Waals surface area contributed by atoms with Crippen molar-refractivity contribution >= 4 is 23.7 Å². The van der Waals surface area contributed by atoms with Crippen LogP contribution in [0.15, 0.2) is 18.2 Å². The molecule has 1 aromatic carbocycles. The van der Waals surface area contributed by atoms with Gasteiger partial charge in [-0.2, -0.15) is 0 Å². The summed E-state index contributed by atoms with van der Waals surface area (Å²) >= 11 is 6.08. The number of hydrogen-bond acceptors (Lipinski definition) is 6. The van der Waals surface area contributed by atoms with Crippen molar-refractivity contribution < 1.29 is 28.2 Å². The van der Waals surface area contributed by atoms with Crippen molar-refractivity contribution in [1.82, 2.24) is 20.9 Å². The van der Waals surface area contributed by atoms with Gasteiger partial charge in [-0.1, -0.05) is 30.2 Å². The van der Waals surface area contributed by atoms with Crippen LogP contribution in [0, 0.1) is 17.7 Å². The predicted molar refractivity (Wildman–Crippen MR) is 144 cm³/mol. The lowest BCUT2D eigenvalue weighted by Crippen LogP contribution is -2.52. The van der Waals surface area contributed by atoms with Crippen LogP contribution in [0.1, 0.15) is 50.2 Å². The molecule has 11 heteroatoms. The number of amides is 3. The summed E-state index contributed by atoms with van der Waals surface area (Å²) in [5, 5.41) is 9.00. The van der Waals surface area contributed by atoms with Crippen molar-refractivity contribution in [2.24, 2.45) is 11.8 Å². The molecular formula is C27H42ClFN4O5. The monoisotopic (exact) mass is 556 g/mol. The van der Waals surface area contributed by atoms with Crippen LogP contribution < -0.4 is 16.0 Å². The Hall–Kier alpha value is -2.14. The molecule has 0 spiro atoms. The van der Waals surface area contributed by atoms with Crippen LogP contribution in [0.4, 0.5) is 14.0 Å². The van der Waals surface area contributed by atoms with Crippen LogP contribution in [-0.4, -0.2) is 83.2 Å². The molecule has 1 aromatic rings. The Labute approximate surface area is 230 Å². The molecule has 4 atom stereocenters. The van der Waals surface area contributed by atoms with E-state index in [9.17, 15) is 9.59 Å². The Bertz CT molecular complexity index is 887. The molecule has 0 radical (unpaired) electrons. The largest absolute Gasteiger partial charge is 0.453 e. The first kappa shape index (κ1) is 30.4. The van der Waals surface area contributed by atoms with Gasteiger partial charge in [-0.15, -0.1) is 0 Å². The SMILES string of the molecule is CNCC(CC1CCCCOC1)NC(=O)N1CCCC(C(OCCNC(=O)OC)c2cccc(Cl)c2F)C1. The molecule has 9 nitrogen and oxygen atoms in total. The molecule has 3 rings (SSSR count). The zero-order valence-electron chi connectivity index (χ0n) is 22.5. The summed E-state index contributed by atoms with van der Waals surface area (Å²) in [4.78, 5) is 26.5. The summed E-state index contributed by atoms with van der Waals surface area (Å²) in [5.74, 6) is -0.243. The third-order valence-corrected chi connectivity index (χ3v) is 7.51. The summed E-state index contributed by atoms with van der Waals surface area (Å²) in [5.41, 5.74) is 0.351. The van der Waals surface area contributed by atoms with E-state index in [-0.39, 0.29) is 36.2 Å². The summed E-state index contributed by atoms with van der Waals surface area (Å²) in [7, 11) is 3.17. The highest BCUT2D eigenvalue weighted by atomic mass is 35.5. The van der Waals surface area contributed by atoms with E-state index in [2.05, 4.69) is 20.7 Å². The zero-order chi connectivity index (χ0) is 27.3. The average molecular weight is 557 g/mol. The number of likely N-dealkylation sites (tertiary alicyclic amines) is 1. The number of carbonyl (C=O) groups is 2. The molecule has 0 saturated carbocycles. The Morgan fingerprint density at radius 3 is 2.89 bits per heavy atom. The van der Waals surface area contributed by atoms with E-state index >= 15 is 4.39 Å². The summed E-state index contributed by atoms with van der Waals surface area (Å²) in [6.07, 6.45) is 4.55. The summed E-state index contributed by atoms with van der Waals surface area (Å²) < 4.78 is 31.5. The lowest BCUT2D eigenvalue weighted by atomic mass is 9.88. The first-order valence-electron chi connectivity index (χ1n) is 13.6. The Kier molecular flexibility index (Phi) is 12.9. The number of halogens is 2. The second-order valence-corrected chi connectivity index (χ2v) is 10.5. The highest BCUT2D eigenvalue weighted by Gasteiger charge is 2.33. The molecule has 0 aliphatic carbocycles. The fourth-order valence-electron chi connectivity index (χ4n) is 5.34. The third kappa shape index (κ3) is 9.25. The van der Waals surface area contributed by atoms with Gasteiger partial charge in [-0.05, 0) is 51.1 Å². The second-order valence-electron chi connectivity index (χ2n) is 10.1. The van der Waals surface area contributed by atoms with E-state index < -0.39 is 18.0 Å². The number of nitrogens with one attached hydrogen (secondary N) is 3. The van der Waals surface area contributed by atoms with Crippen molar-refractivity contribution in [3.63, 3.8) is 0 Å². The molecule has 2 saturated heterocycles. The average Bonchev–Trinajstić information content (AvgIpc) is 3.19. The number of carbonyl (C=O) groups excluding carboxylic acids is 2. The van der Waals surface area contributed by atoms with Crippen LogP contribution in [0.25, 0.3) is 0 Å². The molecule has 0 bridgehead atoms. The Morgan fingerprint density at radius 1 is 1.26 bits per heavy atom. The van der Waals surface area contributed by atoms with Gasteiger partial charge in [-0.25, -0.2) is 14.0 Å². The van der Waals surface area contributed by atoms with E-state index in [1.165, 1.54) is 13.2 Å². The Balaban J connectivity index is 1.66. The van der Waals surface area contributed by atoms with Gasteiger partial charge in [0.1, 0.15) is 5.82 Å². The van der Waals surface area contributed by atoms with Crippen molar-refractivity contribution in [1.29, 1.82) is 0 Å². The number of ether oxygens (including phenoxy) is 3. The van der Waals surface area contributed by atoms with Gasteiger partial charge in [0, 0.05) is 56.9 Å². The van der Waals surface area contributed by atoms with Crippen molar-refractivity contribution in [2.45, 2.75) is 50.7 Å². The van der Waals surface area contributed by atoms with Crippen molar-refractivity contribution in [3.8, 4) is 0 Å². The normalized spacial score (nSPS) is 21.7. The Morgan fingerprint density at radius 2 is 2.11 bits per heavy atom. The topological polar surface area (TPSA) is 101 Å². The molecule has 2 heterocycles. The minimum absolute atomic E-state index is 0.0126. The maximum Gasteiger partial charge on any atom is 0.406 e. The first-order valence-corrected chi connectivity index (χ1v) is 14.0. The van der Waals surface area contributed by atoms with Gasteiger partial charge < -0.3 is 35.1 Å². The minimum atomic E-state index is -0.625. The summed E-state index contributed by atoms with van der Waals surface area (Å²) in [6, 6.07) is 4.72. The predicted octanol–water partition coefficient (Wildman–Crippen LogP) is 4.11. The van der Waals surface area contributed by atoms with E-state index in [1.807, 2.05) is 7.05 Å². The van der Waals surface area contributed by atoms with E-state index in [1.54, 1.807) is 17.0 Å². The molecular weight excluding hydrogens is 515 g/mol. The highest BCUT2D eigenvalue weighted by Crippen LogP contribution is 2.36. The molecule has 2 aliphatic heterocycles. The first-order chi connectivity index (χ1) is 18.4. The van der Waals surface area contributed by atoms with Gasteiger partial charge in [0.15, 0.2) is 0 Å². The molecule has 0 aromatic heterocycles. The summed E-state index contributed by atoms with van der Waals surface area (Å²) in [6.45, 7) is 3.62. The number of piperidine rings is 1. The van der Waals surface area contributed by atoms with Crippen LogP contribution in [0.2, 0.25) is 5.02 Å². The molecule has 2 fully saturated rings. The number of nitrogens with zero attached hydrogens (tertiary/aromatic N) is 1. The quantitative estimate of drug-likeness (QED) is 0.355. The lowest BCUT2D eigenvalue weighted by Gasteiger charge is -2.38. The number of rotatable bonds is 11. The van der Waals surface area contributed by atoms with E-state index in [4.69, 9.17) is 21.1 Å². The standard InChI is InChI=1S/C27H42ClFN4O5/c1-30-16-21(15-19-7-3-4-13-37-18-19)32-26(34)33-12-6-8-20(17-33)25(38-14-11-31-27(35)36-2)22-9-5-10-23(28)24(22)29/h5,9-10,19-21,25,30H,3-4,6-8,11-18H2,1-2H3,(H,31,35)(H,32,34). The third-order valence-electron chi connectivity index (χ3n) is 7.22. The van der Waals surface area contributed by atoms with Gasteiger partial charge in [0.25, 0.3) is 0 Å². The highest BCUT2D eigenvalue weighted by molar-refractivity contribution is 6.30. The smallest absolute Gasteiger partial charge is 0.406 e. The maximum atomic E-state index is 15.1. The molecule has 38 heavy (non-hydrogen) atoms. The second kappa shape index (κ2) is 16.1. The van der Waals surface area contributed by atoms with Crippen molar-refractivity contribution in [3.05, 3.63) is 34.6 Å². The van der Waals surface area contributed by atoms with E-state index in [0.717, 1.165) is 51.7 Å².